The van der Waals surface area contributed by atoms with Crippen molar-refractivity contribution in [2.45, 2.75) is 50.6 Å². The zero-order chi connectivity index (χ0) is 15.0. The Labute approximate surface area is 121 Å². The Bertz CT molecular complexity index is 605. The molecule has 2 heterocycles. The number of hydrogen-bond acceptors (Lipinski definition) is 3. The first-order valence-corrected chi connectivity index (χ1v) is 7.41. The number of nitrogens with one attached hydrogen (secondary N) is 2. The van der Waals surface area contributed by atoms with Crippen LogP contribution in [0.3, 0.4) is 0 Å². The number of nitrogens with zero attached hydrogens (tertiary/aromatic N) is 1. The van der Waals surface area contributed by atoms with E-state index in [9.17, 15) is 19.5 Å². The minimum Gasteiger partial charge on any atom is -0.480 e. The van der Waals surface area contributed by atoms with Crippen molar-refractivity contribution in [3.63, 3.8) is 0 Å². The van der Waals surface area contributed by atoms with Crippen molar-refractivity contribution >= 4 is 11.9 Å². The summed E-state index contributed by atoms with van der Waals surface area (Å²) in [5.74, 6) is -0.980. The van der Waals surface area contributed by atoms with Crippen molar-refractivity contribution in [1.29, 1.82) is 0 Å². The van der Waals surface area contributed by atoms with Gasteiger partial charge in [0, 0.05) is 12.2 Å². The number of likely N-dealkylation sites (tertiary alicyclic amines) is 1. The highest BCUT2D eigenvalue weighted by Gasteiger charge is 2.44. The van der Waals surface area contributed by atoms with E-state index >= 15 is 0 Å². The van der Waals surface area contributed by atoms with Crippen molar-refractivity contribution in [3.05, 3.63) is 22.4 Å². The first-order valence-electron chi connectivity index (χ1n) is 7.41. The smallest absolute Gasteiger partial charge is 0.326 e. The maximum absolute atomic E-state index is 12.7. The van der Waals surface area contributed by atoms with Crippen molar-refractivity contribution < 1.29 is 14.7 Å². The Morgan fingerprint density at radius 3 is 2.62 bits per heavy atom. The van der Waals surface area contributed by atoms with E-state index < -0.39 is 23.6 Å². The highest BCUT2D eigenvalue weighted by Crippen LogP contribution is 2.38. The molecule has 3 atom stereocenters. The highest BCUT2D eigenvalue weighted by atomic mass is 16.4. The number of aromatic nitrogens is 2. The third-order valence-corrected chi connectivity index (χ3v) is 4.72. The van der Waals surface area contributed by atoms with E-state index in [0.29, 0.717) is 12.3 Å². The van der Waals surface area contributed by atoms with Crippen LogP contribution in [0.5, 0.6) is 0 Å². The SMILES string of the molecule is O=C(O)C1CCC2CCCCC2N1C(=O)c1c[nH]c(=O)[nH]1. The molecule has 1 aliphatic heterocycles. The summed E-state index contributed by atoms with van der Waals surface area (Å²) in [5.41, 5.74) is -0.320. The molecule has 3 unspecified atom stereocenters. The van der Waals surface area contributed by atoms with Crippen LogP contribution in [0.2, 0.25) is 0 Å². The molecule has 1 aromatic heterocycles. The number of aliphatic carboxylic acids is 1. The Morgan fingerprint density at radius 2 is 1.95 bits per heavy atom. The number of carbonyl (C=O) groups is 2. The van der Waals surface area contributed by atoms with Crippen LogP contribution in [0.15, 0.2) is 11.0 Å². The molecular formula is C14H19N3O4. The van der Waals surface area contributed by atoms with E-state index in [1.54, 1.807) is 0 Å². The number of rotatable bonds is 2. The van der Waals surface area contributed by atoms with Gasteiger partial charge < -0.3 is 20.0 Å². The molecule has 114 valence electrons. The fourth-order valence-electron chi connectivity index (χ4n) is 3.75. The van der Waals surface area contributed by atoms with E-state index in [2.05, 4.69) is 9.97 Å². The summed E-state index contributed by atoms with van der Waals surface area (Å²) in [5, 5.41) is 9.43. The molecule has 1 aromatic rings. The Hall–Kier alpha value is -2.05. The Morgan fingerprint density at radius 1 is 1.19 bits per heavy atom. The van der Waals surface area contributed by atoms with Crippen LogP contribution >= 0.6 is 0 Å². The van der Waals surface area contributed by atoms with Crippen LogP contribution in [-0.4, -0.2) is 43.9 Å². The first-order chi connectivity index (χ1) is 10.1. The lowest BCUT2D eigenvalue weighted by molar-refractivity contribution is -0.146. The summed E-state index contributed by atoms with van der Waals surface area (Å²) in [6.07, 6.45) is 6.70. The van der Waals surface area contributed by atoms with Crippen molar-refractivity contribution in [1.82, 2.24) is 14.9 Å². The van der Waals surface area contributed by atoms with Gasteiger partial charge in [0.1, 0.15) is 11.7 Å². The fraction of sp³-hybridized carbons (Fsp3) is 0.643. The van der Waals surface area contributed by atoms with E-state index in [4.69, 9.17) is 0 Å². The Kier molecular flexibility index (Phi) is 3.57. The van der Waals surface area contributed by atoms with Crippen molar-refractivity contribution in [2.75, 3.05) is 0 Å². The minimum absolute atomic E-state index is 0.0282. The van der Waals surface area contributed by atoms with Gasteiger partial charge in [-0.1, -0.05) is 12.8 Å². The first kappa shape index (κ1) is 13.9. The quantitative estimate of drug-likeness (QED) is 0.754. The van der Waals surface area contributed by atoms with E-state index in [-0.39, 0.29) is 11.7 Å². The summed E-state index contributed by atoms with van der Waals surface area (Å²) in [7, 11) is 0. The van der Waals surface area contributed by atoms with Gasteiger partial charge in [0.25, 0.3) is 5.91 Å². The summed E-state index contributed by atoms with van der Waals surface area (Å²) in [4.78, 5) is 41.7. The lowest BCUT2D eigenvalue weighted by Crippen LogP contribution is -2.57. The van der Waals surface area contributed by atoms with Gasteiger partial charge in [-0.2, -0.15) is 0 Å². The molecule has 21 heavy (non-hydrogen) atoms. The molecule has 1 saturated heterocycles. The number of carboxylic acids is 1. The van der Waals surface area contributed by atoms with E-state index in [1.165, 1.54) is 11.1 Å². The third kappa shape index (κ3) is 2.48. The Balaban J connectivity index is 1.93. The zero-order valence-electron chi connectivity index (χ0n) is 11.7. The minimum atomic E-state index is -0.967. The van der Waals surface area contributed by atoms with Gasteiger partial charge in [-0.25, -0.2) is 9.59 Å². The van der Waals surface area contributed by atoms with Gasteiger partial charge in [-0.15, -0.1) is 0 Å². The molecule has 7 nitrogen and oxygen atoms in total. The molecule has 3 N–H and O–H groups in total. The van der Waals surface area contributed by atoms with Gasteiger partial charge in [0.05, 0.1) is 0 Å². The predicted octanol–water partition coefficient (Wildman–Crippen LogP) is 0.951. The van der Waals surface area contributed by atoms with Crippen LogP contribution < -0.4 is 5.69 Å². The molecule has 2 aliphatic rings. The number of fused-ring (bicyclic) bond motifs is 1. The average molecular weight is 293 g/mol. The third-order valence-electron chi connectivity index (χ3n) is 4.72. The normalized spacial score (nSPS) is 29.0. The van der Waals surface area contributed by atoms with Gasteiger partial charge in [-0.3, -0.25) is 4.79 Å². The predicted molar refractivity (Wildman–Crippen MR) is 74.0 cm³/mol. The maximum Gasteiger partial charge on any atom is 0.326 e. The lowest BCUT2D eigenvalue weighted by Gasteiger charge is -2.46. The number of amides is 1. The summed E-state index contributed by atoms with van der Waals surface area (Å²) < 4.78 is 0. The van der Waals surface area contributed by atoms with E-state index in [1.807, 2.05) is 0 Å². The summed E-state index contributed by atoms with van der Waals surface area (Å²) in [6.45, 7) is 0. The van der Waals surface area contributed by atoms with Gasteiger partial charge in [0.2, 0.25) is 0 Å². The van der Waals surface area contributed by atoms with Crippen LogP contribution in [0.4, 0.5) is 0 Å². The molecule has 1 saturated carbocycles. The molecule has 2 fully saturated rings. The van der Waals surface area contributed by atoms with Gasteiger partial charge in [0.15, 0.2) is 0 Å². The number of H-pyrrole nitrogens is 2. The fourth-order valence-corrected chi connectivity index (χ4v) is 3.75. The zero-order valence-corrected chi connectivity index (χ0v) is 11.7. The second kappa shape index (κ2) is 5.38. The molecule has 7 heteroatoms. The van der Waals surface area contributed by atoms with Gasteiger partial charge in [-0.05, 0) is 31.6 Å². The largest absolute Gasteiger partial charge is 0.480 e. The molecule has 0 bridgehead atoms. The molecule has 1 aliphatic carbocycles. The van der Waals surface area contributed by atoms with Crippen molar-refractivity contribution in [3.8, 4) is 0 Å². The van der Waals surface area contributed by atoms with Crippen LogP contribution in [-0.2, 0) is 4.79 Å². The number of aromatic amines is 2. The number of carboxylic acid groups (broad SMARTS) is 1. The van der Waals surface area contributed by atoms with Crippen LogP contribution in [0.25, 0.3) is 0 Å². The lowest BCUT2D eigenvalue weighted by atomic mass is 9.76. The second-order valence-electron chi connectivity index (χ2n) is 5.91. The number of imidazole rings is 1. The highest BCUT2D eigenvalue weighted by molar-refractivity contribution is 5.95. The summed E-state index contributed by atoms with van der Waals surface area (Å²) >= 11 is 0. The maximum atomic E-state index is 12.7. The topological polar surface area (TPSA) is 106 Å². The number of piperidine rings is 1. The molecule has 0 radical (unpaired) electrons. The van der Waals surface area contributed by atoms with Crippen molar-refractivity contribution in [2.24, 2.45) is 5.92 Å². The number of hydrogen-bond donors (Lipinski definition) is 3. The molecule has 3 rings (SSSR count). The van der Waals surface area contributed by atoms with Crippen LogP contribution in [0.1, 0.15) is 49.0 Å². The molecule has 0 aromatic carbocycles. The monoisotopic (exact) mass is 293 g/mol. The molecule has 1 amide bonds. The molecular weight excluding hydrogens is 274 g/mol. The standard InChI is InChI=1S/C14H19N3O4/c18-12(9-7-15-14(21)16-9)17-10-4-2-1-3-8(10)5-6-11(17)13(19)20/h7-8,10-11H,1-6H2,(H,19,20)(H2,15,16,21). The molecule has 0 spiro atoms. The van der Waals surface area contributed by atoms with Gasteiger partial charge >= 0.3 is 11.7 Å². The van der Waals surface area contributed by atoms with E-state index in [0.717, 1.165) is 32.1 Å². The summed E-state index contributed by atoms with van der Waals surface area (Å²) in [6, 6.07) is -0.824. The van der Waals surface area contributed by atoms with Crippen LogP contribution in [0, 0.1) is 5.92 Å². The second-order valence-corrected chi connectivity index (χ2v) is 5.91. The number of carbonyl (C=O) groups excluding carboxylic acids is 1. The average Bonchev–Trinajstić information content (AvgIpc) is 2.91.